The summed E-state index contributed by atoms with van der Waals surface area (Å²) in [6, 6.07) is 8.89. The van der Waals surface area contributed by atoms with Gasteiger partial charge in [-0.05, 0) is 44.9 Å². The monoisotopic (exact) mass is 429 g/mol. The molecule has 1 aliphatic heterocycles. The number of hydrogen-bond acceptors (Lipinski definition) is 5. The minimum Gasteiger partial charge on any atom is -0.755 e. The van der Waals surface area contributed by atoms with Gasteiger partial charge in [-0.1, -0.05) is 25.0 Å². The molecule has 1 unspecified atom stereocenters. The molecule has 30 heavy (non-hydrogen) atoms. The first-order valence-electron chi connectivity index (χ1n) is 10.3. The highest BCUT2D eigenvalue weighted by Gasteiger charge is 2.44. The van der Waals surface area contributed by atoms with Crippen LogP contribution in [0.4, 0.5) is 11.4 Å². The molecule has 1 heterocycles. The van der Waals surface area contributed by atoms with Gasteiger partial charge in [-0.15, -0.1) is 0 Å². The van der Waals surface area contributed by atoms with E-state index in [2.05, 4.69) is 0 Å². The molecule has 0 radical (unpaired) electrons. The molecule has 0 aromatic heterocycles. The van der Waals surface area contributed by atoms with E-state index in [4.69, 9.17) is 4.74 Å². The summed E-state index contributed by atoms with van der Waals surface area (Å²) >= 11 is -2.59. The Balaban J connectivity index is 1.82. The first kappa shape index (κ1) is 20.8. The molecule has 0 N–H and O–H groups in total. The van der Waals surface area contributed by atoms with Crippen LogP contribution in [-0.4, -0.2) is 40.3 Å². The quantitative estimate of drug-likeness (QED) is 0.496. The number of carbonyl (C=O) groups excluding carboxylic acids is 2. The molecule has 0 spiro atoms. The Labute approximate surface area is 178 Å². The van der Waals surface area contributed by atoms with Crippen LogP contribution in [0.25, 0.3) is 10.8 Å². The van der Waals surface area contributed by atoms with Crippen LogP contribution in [0.3, 0.4) is 0 Å². The maximum atomic E-state index is 12.8. The van der Waals surface area contributed by atoms with Crippen LogP contribution in [0.2, 0.25) is 0 Å². The fraction of sp³-hybridized carbons (Fsp3) is 0.455. The maximum Gasteiger partial charge on any atom is 0.313 e. The first-order valence-corrected chi connectivity index (χ1v) is 11.4. The SMILES string of the molecule is CCOC(=O)C1(CN(c2ccc3c4c(cccc24)C(=O)N3CC)S(=O)[O-])CCCC1. The van der Waals surface area contributed by atoms with Crippen molar-refractivity contribution in [3.05, 3.63) is 35.9 Å². The number of benzene rings is 2. The van der Waals surface area contributed by atoms with Crippen LogP contribution in [0.5, 0.6) is 0 Å². The second-order valence-electron chi connectivity index (χ2n) is 7.84. The van der Waals surface area contributed by atoms with Crippen molar-refractivity contribution in [1.82, 2.24) is 0 Å². The van der Waals surface area contributed by atoms with Crippen LogP contribution < -0.4 is 9.21 Å². The summed E-state index contributed by atoms with van der Waals surface area (Å²) in [6.07, 6.45) is 2.93. The average Bonchev–Trinajstić information content (AvgIpc) is 3.32. The summed E-state index contributed by atoms with van der Waals surface area (Å²) in [7, 11) is 0. The fourth-order valence-electron chi connectivity index (χ4n) is 4.82. The van der Waals surface area contributed by atoms with E-state index < -0.39 is 16.7 Å². The second kappa shape index (κ2) is 8.00. The van der Waals surface area contributed by atoms with E-state index in [0.29, 0.717) is 36.0 Å². The number of hydrogen-bond donors (Lipinski definition) is 0. The number of anilines is 2. The topological polar surface area (TPSA) is 90.0 Å². The predicted molar refractivity (Wildman–Crippen MR) is 115 cm³/mol. The van der Waals surface area contributed by atoms with Gasteiger partial charge in [0.2, 0.25) is 0 Å². The zero-order valence-corrected chi connectivity index (χ0v) is 18.0. The Hall–Kier alpha value is -2.45. The number of esters is 1. The summed E-state index contributed by atoms with van der Waals surface area (Å²) in [5.41, 5.74) is 0.993. The smallest absolute Gasteiger partial charge is 0.313 e. The third kappa shape index (κ3) is 3.18. The molecule has 2 aliphatic rings. The van der Waals surface area contributed by atoms with Gasteiger partial charge in [0.15, 0.2) is 0 Å². The largest absolute Gasteiger partial charge is 0.755 e. The summed E-state index contributed by atoms with van der Waals surface area (Å²) < 4.78 is 31.2. The molecule has 8 heteroatoms. The summed E-state index contributed by atoms with van der Waals surface area (Å²) in [5.74, 6) is -0.417. The van der Waals surface area contributed by atoms with E-state index in [-0.39, 0.29) is 25.0 Å². The van der Waals surface area contributed by atoms with Crippen molar-refractivity contribution in [3.8, 4) is 0 Å². The molecular weight excluding hydrogens is 404 g/mol. The Kier molecular flexibility index (Phi) is 5.55. The predicted octanol–water partition coefficient (Wildman–Crippen LogP) is 3.54. The van der Waals surface area contributed by atoms with Crippen molar-refractivity contribution in [2.45, 2.75) is 39.5 Å². The van der Waals surface area contributed by atoms with E-state index in [9.17, 15) is 18.4 Å². The number of ether oxygens (including phenoxy) is 1. The van der Waals surface area contributed by atoms with Crippen molar-refractivity contribution in [1.29, 1.82) is 0 Å². The zero-order chi connectivity index (χ0) is 21.5. The molecule has 4 rings (SSSR count). The molecular formula is C22H25N2O5S-. The van der Waals surface area contributed by atoms with Crippen molar-refractivity contribution in [2.75, 3.05) is 28.9 Å². The molecule has 2 aromatic carbocycles. The molecule has 160 valence electrons. The molecule has 1 saturated carbocycles. The average molecular weight is 430 g/mol. The van der Waals surface area contributed by atoms with Gasteiger partial charge >= 0.3 is 5.97 Å². The normalized spacial score (nSPS) is 18.1. The number of carbonyl (C=O) groups is 2. The Bertz CT molecular complexity index is 1030. The standard InChI is InChI=1S/C22H26N2O5S/c1-3-23-18-11-10-17(15-8-7-9-16(19(15)18)20(23)25)24(30(27)28)14-22(12-5-6-13-22)21(26)29-4-2/h7-11H,3-6,12-14H2,1-2H3,(H,27,28)/p-1. The fourth-order valence-corrected chi connectivity index (χ4v) is 5.49. The summed E-state index contributed by atoms with van der Waals surface area (Å²) in [4.78, 5) is 27.2. The zero-order valence-electron chi connectivity index (χ0n) is 17.2. The summed E-state index contributed by atoms with van der Waals surface area (Å²) in [6.45, 7) is 4.49. The third-order valence-electron chi connectivity index (χ3n) is 6.24. The van der Waals surface area contributed by atoms with Gasteiger partial charge in [0.05, 0.1) is 23.4 Å². The van der Waals surface area contributed by atoms with Gasteiger partial charge in [0.25, 0.3) is 5.91 Å². The van der Waals surface area contributed by atoms with Crippen LogP contribution in [0, 0.1) is 5.41 Å². The van der Waals surface area contributed by atoms with Gasteiger partial charge in [0.1, 0.15) is 0 Å². The third-order valence-corrected chi connectivity index (χ3v) is 6.93. The van der Waals surface area contributed by atoms with Gasteiger partial charge in [0, 0.05) is 40.7 Å². The number of nitrogens with zero attached hydrogens (tertiary/aromatic N) is 2. The molecule has 1 amide bonds. The van der Waals surface area contributed by atoms with Crippen molar-refractivity contribution in [3.63, 3.8) is 0 Å². The Morgan fingerprint density at radius 2 is 1.97 bits per heavy atom. The minimum absolute atomic E-state index is 0.0338. The van der Waals surface area contributed by atoms with E-state index in [0.717, 1.165) is 23.9 Å². The Morgan fingerprint density at radius 1 is 1.23 bits per heavy atom. The minimum atomic E-state index is -2.59. The van der Waals surface area contributed by atoms with Crippen LogP contribution in [0.15, 0.2) is 30.3 Å². The van der Waals surface area contributed by atoms with E-state index in [1.54, 1.807) is 36.1 Å². The molecule has 0 bridgehead atoms. The molecule has 0 saturated heterocycles. The lowest BCUT2D eigenvalue weighted by Crippen LogP contribution is -2.43. The number of amides is 1. The van der Waals surface area contributed by atoms with Crippen LogP contribution >= 0.6 is 0 Å². The second-order valence-corrected chi connectivity index (χ2v) is 8.72. The lowest BCUT2D eigenvalue weighted by Gasteiger charge is -2.36. The highest BCUT2D eigenvalue weighted by atomic mass is 32.2. The maximum absolute atomic E-state index is 12.8. The molecule has 1 aliphatic carbocycles. The van der Waals surface area contributed by atoms with Gasteiger partial charge in [-0.3, -0.25) is 13.8 Å². The molecule has 2 aromatic rings. The molecule has 1 atom stereocenters. The Morgan fingerprint density at radius 3 is 2.60 bits per heavy atom. The van der Waals surface area contributed by atoms with Gasteiger partial charge < -0.3 is 18.5 Å². The molecule has 7 nitrogen and oxygen atoms in total. The van der Waals surface area contributed by atoms with Crippen LogP contribution in [0.1, 0.15) is 49.9 Å². The van der Waals surface area contributed by atoms with Gasteiger partial charge in [-0.25, -0.2) is 0 Å². The highest BCUT2D eigenvalue weighted by Crippen LogP contribution is 2.45. The highest BCUT2D eigenvalue weighted by molar-refractivity contribution is 7.80. The van der Waals surface area contributed by atoms with Gasteiger partial charge in [-0.2, -0.15) is 0 Å². The van der Waals surface area contributed by atoms with E-state index in [1.807, 2.05) is 13.0 Å². The number of rotatable bonds is 7. The summed E-state index contributed by atoms with van der Waals surface area (Å²) in [5, 5.41) is 1.45. The van der Waals surface area contributed by atoms with Crippen molar-refractivity contribution in [2.24, 2.45) is 5.41 Å². The van der Waals surface area contributed by atoms with Crippen LogP contribution in [-0.2, 0) is 20.8 Å². The lowest BCUT2D eigenvalue weighted by molar-refractivity contribution is -0.154. The first-order chi connectivity index (χ1) is 14.4. The lowest BCUT2D eigenvalue weighted by atomic mass is 9.86. The van der Waals surface area contributed by atoms with E-state index in [1.165, 1.54) is 4.31 Å². The van der Waals surface area contributed by atoms with E-state index >= 15 is 0 Å². The molecule has 1 fully saturated rings. The van der Waals surface area contributed by atoms with Crippen molar-refractivity contribution >= 4 is 45.3 Å². The van der Waals surface area contributed by atoms with Crippen molar-refractivity contribution < 1.29 is 23.1 Å².